The van der Waals surface area contributed by atoms with Crippen LogP contribution < -0.4 is 0 Å². The van der Waals surface area contributed by atoms with Crippen molar-refractivity contribution in [3.8, 4) is 0 Å². The van der Waals surface area contributed by atoms with Gasteiger partial charge in [-0.2, -0.15) is 12.6 Å². The molecule has 0 aromatic rings. The largest absolute Gasteiger partial charge is 0.303 e. The van der Waals surface area contributed by atoms with E-state index in [1.807, 2.05) is 0 Å². The second kappa shape index (κ2) is 5.92. The standard InChI is InChI=1S/C11H23NS/c1-10(9-13)8-12(2)11-6-4-3-5-7-11/h10-11,13H,3-9H2,1-2H3. The van der Waals surface area contributed by atoms with Crippen molar-refractivity contribution in [3.63, 3.8) is 0 Å². The summed E-state index contributed by atoms with van der Waals surface area (Å²) in [5, 5.41) is 0. The zero-order chi connectivity index (χ0) is 9.68. The minimum Gasteiger partial charge on any atom is -0.303 e. The minimum absolute atomic E-state index is 0.732. The maximum atomic E-state index is 4.33. The molecule has 1 saturated carbocycles. The van der Waals surface area contributed by atoms with Crippen LogP contribution in [0.25, 0.3) is 0 Å². The highest BCUT2D eigenvalue weighted by atomic mass is 32.1. The summed E-state index contributed by atoms with van der Waals surface area (Å²) in [6, 6.07) is 0.857. The molecular formula is C11H23NS. The second-order valence-electron chi connectivity index (χ2n) is 4.52. The predicted octanol–water partition coefficient (Wildman–Crippen LogP) is 2.82. The number of rotatable bonds is 4. The molecule has 78 valence electrons. The van der Waals surface area contributed by atoms with Gasteiger partial charge in [-0.3, -0.25) is 0 Å². The zero-order valence-electron chi connectivity index (χ0n) is 9.00. The summed E-state index contributed by atoms with van der Waals surface area (Å²) in [5.41, 5.74) is 0. The third-order valence-electron chi connectivity index (χ3n) is 3.11. The first-order valence-electron chi connectivity index (χ1n) is 5.55. The SMILES string of the molecule is CC(CS)CN(C)C1CCCCC1. The Balaban J connectivity index is 2.24. The van der Waals surface area contributed by atoms with E-state index in [4.69, 9.17) is 0 Å². The van der Waals surface area contributed by atoms with Crippen LogP contribution in [-0.2, 0) is 0 Å². The van der Waals surface area contributed by atoms with Crippen LogP contribution in [0.4, 0.5) is 0 Å². The Bertz CT molecular complexity index is 132. The van der Waals surface area contributed by atoms with Crippen LogP contribution >= 0.6 is 12.6 Å². The molecular weight excluding hydrogens is 178 g/mol. The highest BCUT2D eigenvalue weighted by Crippen LogP contribution is 2.22. The lowest BCUT2D eigenvalue weighted by molar-refractivity contribution is 0.175. The second-order valence-corrected chi connectivity index (χ2v) is 4.88. The Morgan fingerprint density at radius 1 is 1.31 bits per heavy atom. The van der Waals surface area contributed by atoms with Gasteiger partial charge >= 0.3 is 0 Å². The van der Waals surface area contributed by atoms with Gasteiger partial charge in [-0.05, 0) is 31.6 Å². The van der Waals surface area contributed by atoms with E-state index in [1.165, 1.54) is 38.6 Å². The third-order valence-corrected chi connectivity index (χ3v) is 3.73. The molecule has 0 spiro atoms. The maximum absolute atomic E-state index is 4.33. The smallest absolute Gasteiger partial charge is 0.00923 e. The van der Waals surface area contributed by atoms with E-state index in [9.17, 15) is 0 Å². The van der Waals surface area contributed by atoms with Crippen molar-refractivity contribution in [1.82, 2.24) is 4.90 Å². The molecule has 1 fully saturated rings. The highest BCUT2D eigenvalue weighted by Gasteiger charge is 2.18. The van der Waals surface area contributed by atoms with Gasteiger partial charge in [0, 0.05) is 12.6 Å². The molecule has 0 amide bonds. The first-order chi connectivity index (χ1) is 6.24. The van der Waals surface area contributed by atoms with Gasteiger partial charge in [0.15, 0.2) is 0 Å². The maximum Gasteiger partial charge on any atom is 0.00923 e. The molecule has 0 bridgehead atoms. The Hall–Kier alpha value is 0.310. The molecule has 0 N–H and O–H groups in total. The van der Waals surface area contributed by atoms with Crippen LogP contribution in [0.2, 0.25) is 0 Å². The molecule has 0 radical (unpaired) electrons. The van der Waals surface area contributed by atoms with Crippen molar-refractivity contribution in [2.75, 3.05) is 19.3 Å². The summed E-state index contributed by atoms with van der Waals surface area (Å²) in [7, 11) is 2.27. The lowest BCUT2D eigenvalue weighted by Crippen LogP contribution is -2.36. The van der Waals surface area contributed by atoms with Crippen molar-refractivity contribution >= 4 is 12.6 Å². The molecule has 2 heteroatoms. The highest BCUT2D eigenvalue weighted by molar-refractivity contribution is 7.80. The monoisotopic (exact) mass is 201 g/mol. The Morgan fingerprint density at radius 2 is 1.92 bits per heavy atom. The molecule has 0 aromatic carbocycles. The summed E-state index contributed by atoms with van der Waals surface area (Å²) >= 11 is 4.33. The third kappa shape index (κ3) is 3.90. The molecule has 1 rings (SSSR count). The van der Waals surface area contributed by atoms with Gasteiger partial charge in [-0.15, -0.1) is 0 Å². The topological polar surface area (TPSA) is 3.24 Å². The average molecular weight is 201 g/mol. The van der Waals surface area contributed by atoms with E-state index in [1.54, 1.807) is 0 Å². The zero-order valence-corrected chi connectivity index (χ0v) is 9.89. The van der Waals surface area contributed by atoms with E-state index >= 15 is 0 Å². The number of hydrogen-bond donors (Lipinski definition) is 1. The van der Waals surface area contributed by atoms with Crippen LogP contribution in [-0.4, -0.2) is 30.3 Å². The van der Waals surface area contributed by atoms with Crippen LogP contribution in [0.5, 0.6) is 0 Å². The van der Waals surface area contributed by atoms with Crippen molar-refractivity contribution in [3.05, 3.63) is 0 Å². The van der Waals surface area contributed by atoms with Crippen molar-refractivity contribution in [1.29, 1.82) is 0 Å². The fourth-order valence-corrected chi connectivity index (χ4v) is 2.34. The lowest BCUT2D eigenvalue weighted by Gasteiger charge is -2.32. The molecule has 1 atom stereocenters. The van der Waals surface area contributed by atoms with Crippen LogP contribution in [0.3, 0.4) is 0 Å². The summed E-state index contributed by atoms with van der Waals surface area (Å²) < 4.78 is 0. The van der Waals surface area contributed by atoms with Gasteiger partial charge < -0.3 is 4.90 Å². The summed E-state index contributed by atoms with van der Waals surface area (Å²) in [6.07, 6.45) is 7.15. The molecule has 0 aliphatic heterocycles. The summed E-state index contributed by atoms with van der Waals surface area (Å²) in [6.45, 7) is 3.50. The number of nitrogens with zero attached hydrogens (tertiary/aromatic N) is 1. The fraction of sp³-hybridized carbons (Fsp3) is 1.00. The number of hydrogen-bond acceptors (Lipinski definition) is 2. The van der Waals surface area contributed by atoms with Gasteiger partial charge in [0.1, 0.15) is 0 Å². The first-order valence-corrected chi connectivity index (χ1v) is 6.18. The van der Waals surface area contributed by atoms with Gasteiger partial charge in [0.25, 0.3) is 0 Å². The van der Waals surface area contributed by atoms with Crippen molar-refractivity contribution < 1.29 is 0 Å². The summed E-state index contributed by atoms with van der Waals surface area (Å²) in [4.78, 5) is 2.54. The quantitative estimate of drug-likeness (QED) is 0.685. The first kappa shape index (κ1) is 11.4. The van der Waals surface area contributed by atoms with Gasteiger partial charge in [0.05, 0.1) is 0 Å². The normalized spacial score (nSPS) is 22.2. The average Bonchev–Trinajstić information content (AvgIpc) is 2.19. The fourth-order valence-electron chi connectivity index (χ4n) is 2.22. The molecule has 1 aliphatic carbocycles. The van der Waals surface area contributed by atoms with Crippen LogP contribution in [0.1, 0.15) is 39.0 Å². The van der Waals surface area contributed by atoms with Gasteiger partial charge in [-0.1, -0.05) is 26.2 Å². The summed E-state index contributed by atoms with van der Waals surface area (Å²) in [5.74, 6) is 1.74. The van der Waals surface area contributed by atoms with E-state index in [0.717, 1.165) is 17.7 Å². The molecule has 1 aliphatic rings. The van der Waals surface area contributed by atoms with E-state index in [-0.39, 0.29) is 0 Å². The lowest BCUT2D eigenvalue weighted by atomic mass is 9.94. The molecule has 1 unspecified atom stereocenters. The molecule has 1 nitrogen and oxygen atoms in total. The van der Waals surface area contributed by atoms with Gasteiger partial charge in [-0.25, -0.2) is 0 Å². The van der Waals surface area contributed by atoms with E-state index in [2.05, 4.69) is 31.5 Å². The Kier molecular flexibility index (Phi) is 5.18. The molecule has 0 heterocycles. The Labute approximate surface area is 88.3 Å². The minimum atomic E-state index is 0.732. The van der Waals surface area contributed by atoms with Crippen molar-refractivity contribution in [2.45, 2.75) is 45.1 Å². The van der Waals surface area contributed by atoms with Crippen LogP contribution in [0.15, 0.2) is 0 Å². The van der Waals surface area contributed by atoms with E-state index in [0.29, 0.717) is 0 Å². The Morgan fingerprint density at radius 3 is 2.46 bits per heavy atom. The molecule has 13 heavy (non-hydrogen) atoms. The van der Waals surface area contributed by atoms with Gasteiger partial charge in [0.2, 0.25) is 0 Å². The number of thiol groups is 1. The van der Waals surface area contributed by atoms with Crippen molar-refractivity contribution in [2.24, 2.45) is 5.92 Å². The van der Waals surface area contributed by atoms with E-state index < -0.39 is 0 Å². The molecule has 0 saturated heterocycles. The predicted molar refractivity (Wildman–Crippen MR) is 62.5 cm³/mol. The van der Waals surface area contributed by atoms with Crippen LogP contribution in [0, 0.1) is 5.92 Å². The molecule has 0 aromatic heterocycles.